The normalized spacial score (nSPS) is 13.9. The summed E-state index contributed by atoms with van der Waals surface area (Å²) in [5, 5.41) is 3.16. The summed E-state index contributed by atoms with van der Waals surface area (Å²) in [5.41, 5.74) is 0.891. The summed E-state index contributed by atoms with van der Waals surface area (Å²) >= 11 is 0. The van der Waals surface area contributed by atoms with Crippen molar-refractivity contribution in [3.63, 3.8) is 0 Å². The Bertz CT molecular complexity index is 895. The molecule has 0 aromatic heterocycles. The third-order valence-corrected chi connectivity index (χ3v) is 5.02. The standard InChI is InChI=1S/C25H29NO5/c1-4-22(27)30-23(28)15-16-24(29)31-25(19(2)18-26-3,21-13-9-6-10-14-21)17-20-11-7-5-8-12-20/h5-16,19,26H,4,17-18H2,1-3H3/b16-15-. The topological polar surface area (TPSA) is 81.7 Å². The summed E-state index contributed by atoms with van der Waals surface area (Å²) in [4.78, 5) is 35.7. The van der Waals surface area contributed by atoms with Crippen molar-refractivity contribution >= 4 is 17.9 Å². The molecule has 2 aromatic carbocycles. The van der Waals surface area contributed by atoms with Gasteiger partial charge in [-0.1, -0.05) is 74.5 Å². The number of carbonyl (C=O) groups excluding carboxylic acids is 3. The predicted octanol–water partition coefficient (Wildman–Crippen LogP) is 3.56. The van der Waals surface area contributed by atoms with Gasteiger partial charge in [0.1, 0.15) is 5.60 Å². The molecule has 0 radical (unpaired) electrons. The Morgan fingerprint density at radius 2 is 1.55 bits per heavy atom. The molecule has 0 bridgehead atoms. The summed E-state index contributed by atoms with van der Waals surface area (Å²) in [6.45, 7) is 4.19. The van der Waals surface area contributed by atoms with Crippen LogP contribution in [0.3, 0.4) is 0 Å². The molecule has 1 N–H and O–H groups in total. The van der Waals surface area contributed by atoms with E-state index >= 15 is 0 Å². The second kappa shape index (κ2) is 11.8. The van der Waals surface area contributed by atoms with Gasteiger partial charge in [-0.15, -0.1) is 0 Å². The van der Waals surface area contributed by atoms with Gasteiger partial charge in [0, 0.05) is 37.5 Å². The molecule has 6 nitrogen and oxygen atoms in total. The van der Waals surface area contributed by atoms with Crippen LogP contribution in [-0.4, -0.2) is 31.5 Å². The summed E-state index contributed by atoms with van der Waals surface area (Å²) in [7, 11) is 1.84. The van der Waals surface area contributed by atoms with Crippen molar-refractivity contribution in [3.8, 4) is 0 Å². The smallest absolute Gasteiger partial charge is 0.338 e. The highest BCUT2D eigenvalue weighted by Gasteiger charge is 2.41. The van der Waals surface area contributed by atoms with E-state index in [0.29, 0.717) is 13.0 Å². The van der Waals surface area contributed by atoms with Gasteiger partial charge in [-0.25, -0.2) is 9.59 Å². The van der Waals surface area contributed by atoms with Gasteiger partial charge in [0.05, 0.1) is 0 Å². The van der Waals surface area contributed by atoms with Gasteiger partial charge in [-0.05, 0) is 18.2 Å². The first-order valence-electron chi connectivity index (χ1n) is 10.3. The monoisotopic (exact) mass is 423 g/mol. The number of ether oxygens (including phenoxy) is 2. The fourth-order valence-corrected chi connectivity index (χ4v) is 3.41. The number of carbonyl (C=O) groups is 3. The Balaban J connectivity index is 2.38. The lowest BCUT2D eigenvalue weighted by molar-refractivity contribution is -0.162. The Labute approximate surface area is 183 Å². The number of benzene rings is 2. The van der Waals surface area contributed by atoms with E-state index in [-0.39, 0.29) is 12.3 Å². The molecule has 0 spiro atoms. The molecule has 164 valence electrons. The Hall–Kier alpha value is -3.25. The number of nitrogens with one attached hydrogen (secondary N) is 1. The molecule has 0 aliphatic rings. The maximum Gasteiger partial charge on any atom is 0.338 e. The molecule has 2 rings (SSSR count). The molecule has 0 heterocycles. The molecule has 31 heavy (non-hydrogen) atoms. The zero-order valence-corrected chi connectivity index (χ0v) is 18.2. The van der Waals surface area contributed by atoms with Crippen molar-refractivity contribution in [1.82, 2.24) is 5.32 Å². The molecule has 0 fully saturated rings. The highest BCUT2D eigenvalue weighted by atomic mass is 16.6. The van der Waals surface area contributed by atoms with Gasteiger partial charge < -0.3 is 14.8 Å². The number of hydrogen-bond acceptors (Lipinski definition) is 6. The molecular weight excluding hydrogens is 394 g/mol. The van der Waals surface area contributed by atoms with Crippen molar-refractivity contribution in [3.05, 3.63) is 83.9 Å². The second-order valence-corrected chi connectivity index (χ2v) is 7.28. The van der Waals surface area contributed by atoms with Gasteiger partial charge in [-0.2, -0.15) is 0 Å². The minimum Gasteiger partial charge on any atom is -0.450 e. The number of esters is 3. The van der Waals surface area contributed by atoms with E-state index in [0.717, 1.165) is 23.3 Å². The van der Waals surface area contributed by atoms with Crippen LogP contribution in [0.25, 0.3) is 0 Å². The van der Waals surface area contributed by atoms with Crippen LogP contribution >= 0.6 is 0 Å². The zero-order valence-electron chi connectivity index (χ0n) is 18.2. The third-order valence-electron chi connectivity index (χ3n) is 5.02. The van der Waals surface area contributed by atoms with E-state index in [1.165, 1.54) is 0 Å². The van der Waals surface area contributed by atoms with E-state index in [1.807, 2.05) is 74.6 Å². The first-order chi connectivity index (χ1) is 14.9. The molecule has 0 saturated carbocycles. The Morgan fingerprint density at radius 1 is 0.968 bits per heavy atom. The maximum absolute atomic E-state index is 12.8. The van der Waals surface area contributed by atoms with E-state index < -0.39 is 23.5 Å². The van der Waals surface area contributed by atoms with Crippen LogP contribution < -0.4 is 5.32 Å². The molecule has 2 atom stereocenters. The molecule has 2 aromatic rings. The van der Waals surface area contributed by atoms with Crippen LogP contribution in [0.4, 0.5) is 0 Å². The quantitative estimate of drug-likeness (QED) is 0.358. The SMILES string of the molecule is CCC(=O)OC(=O)/C=C\C(=O)OC(Cc1ccccc1)(c1ccccc1)C(C)CNC. The molecular formula is C25H29NO5. The molecule has 0 saturated heterocycles. The fraction of sp³-hybridized carbons (Fsp3) is 0.320. The second-order valence-electron chi connectivity index (χ2n) is 7.28. The minimum atomic E-state index is -0.976. The average molecular weight is 424 g/mol. The van der Waals surface area contributed by atoms with Gasteiger partial charge in [0.25, 0.3) is 0 Å². The molecule has 0 aliphatic heterocycles. The van der Waals surface area contributed by atoms with Crippen molar-refractivity contribution in [2.24, 2.45) is 5.92 Å². The summed E-state index contributed by atoms with van der Waals surface area (Å²) in [5.74, 6) is -2.34. The first kappa shape index (κ1) is 24.0. The number of rotatable bonds is 10. The summed E-state index contributed by atoms with van der Waals surface area (Å²) in [6.07, 6.45) is 2.44. The lowest BCUT2D eigenvalue weighted by atomic mass is 9.77. The lowest BCUT2D eigenvalue weighted by Crippen LogP contribution is -2.44. The largest absolute Gasteiger partial charge is 0.450 e. The lowest BCUT2D eigenvalue weighted by Gasteiger charge is -2.39. The first-order valence-corrected chi connectivity index (χ1v) is 10.3. The van der Waals surface area contributed by atoms with E-state index in [1.54, 1.807) is 6.92 Å². The number of hydrogen-bond donors (Lipinski definition) is 1. The van der Waals surface area contributed by atoms with Crippen molar-refractivity contribution in [1.29, 1.82) is 0 Å². The average Bonchev–Trinajstić information content (AvgIpc) is 2.78. The molecule has 6 heteroatoms. The van der Waals surface area contributed by atoms with Crippen LogP contribution in [-0.2, 0) is 35.9 Å². The summed E-state index contributed by atoms with van der Waals surface area (Å²) < 4.78 is 10.6. The van der Waals surface area contributed by atoms with E-state index in [4.69, 9.17) is 4.74 Å². The van der Waals surface area contributed by atoms with Gasteiger partial charge in [-0.3, -0.25) is 4.79 Å². The highest BCUT2D eigenvalue weighted by molar-refractivity contribution is 5.96. The van der Waals surface area contributed by atoms with Crippen LogP contribution in [0.5, 0.6) is 0 Å². The summed E-state index contributed by atoms with van der Waals surface area (Å²) in [6, 6.07) is 19.4. The van der Waals surface area contributed by atoms with Crippen molar-refractivity contribution < 1.29 is 23.9 Å². The Morgan fingerprint density at radius 3 is 2.13 bits per heavy atom. The Kier molecular flexibility index (Phi) is 9.15. The van der Waals surface area contributed by atoms with E-state index in [9.17, 15) is 14.4 Å². The predicted molar refractivity (Wildman–Crippen MR) is 118 cm³/mol. The third kappa shape index (κ3) is 6.89. The van der Waals surface area contributed by atoms with Gasteiger partial charge in [0.2, 0.25) is 0 Å². The highest BCUT2D eigenvalue weighted by Crippen LogP contribution is 2.37. The van der Waals surface area contributed by atoms with Crippen LogP contribution in [0.2, 0.25) is 0 Å². The molecule has 2 unspecified atom stereocenters. The van der Waals surface area contributed by atoms with Crippen LogP contribution in [0.15, 0.2) is 72.8 Å². The van der Waals surface area contributed by atoms with Gasteiger partial charge in [0.15, 0.2) is 0 Å². The zero-order chi connectivity index (χ0) is 22.7. The van der Waals surface area contributed by atoms with Crippen molar-refractivity contribution in [2.75, 3.05) is 13.6 Å². The molecule has 0 amide bonds. The van der Waals surface area contributed by atoms with Crippen LogP contribution in [0, 0.1) is 5.92 Å². The van der Waals surface area contributed by atoms with Crippen LogP contribution in [0.1, 0.15) is 31.4 Å². The van der Waals surface area contributed by atoms with Crippen molar-refractivity contribution in [2.45, 2.75) is 32.3 Å². The van der Waals surface area contributed by atoms with Gasteiger partial charge >= 0.3 is 17.9 Å². The maximum atomic E-state index is 12.8. The molecule has 0 aliphatic carbocycles. The van der Waals surface area contributed by atoms with E-state index in [2.05, 4.69) is 10.1 Å². The fourth-order valence-electron chi connectivity index (χ4n) is 3.41. The minimum absolute atomic E-state index is 0.0692.